The van der Waals surface area contributed by atoms with Crippen molar-refractivity contribution in [3.63, 3.8) is 0 Å². The zero-order valence-electron chi connectivity index (χ0n) is 19.1. The van der Waals surface area contributed by atoms with E-state index < -0.39 is 0 Å². The largest absolute Gasteiger partial charge is 0.494 e. The maximum Gasteiger partial charge on any atom is 0.235 e. The van der Waals surface area contributed by atoms with Crippen LogP contribution in [0.3, 0.4) is 0 Å². The first-order valence-electron chi connectivity index (χ1n) is 11.6. The van der Waals surface area contributed by atoms with E-state index in [9.17, 15) is 4.79 Å². The van der Waals surface area contributed by atoms with Crippen LogP contribution in [0.4, 0.5) is 5.82 Å². The number of aromatic nitrogens is 2. The molecule has 4 aromatic rings. The Balaban J connectivity index is 1.63. The first kappa shape index (κ1) is 22.3. The SMILES string of the molecule is CCCCOc1ccc([C@@H]2SCC(=O)Nc3c2c(-c2ccccc2)nn3-c2ccccc2)cc1. The van der Waals surface area contributed by atoms with Crippen LogP contribution in [0.25, 0.3) is 16.9 Å². The summed E-state index contributed by atoms with van der Waals surface area (Å²) in [7, 11) is 0. The zero-order valence-corrected chi connectivity index (χ0v) is 19.9. The van der Waals surface area contributed by atoms with Crippen LogP contribution in [0, 0.1) is 0 Å². The quantitative estimate of drug-likeness (QED) is 0.314. The minimum atomic E-state index is -0.0497. The zero-order chi connectivity index (χ0) is 23.3. The fourth-order valence-electron chi connectivity index (χ4n) is 4.11. The third kappa shape index (κ3) is 4.59. The van der Waals surface area contributed by atoms with E-state index in [1.807, 2.05) is 65.3 Å². The van der Waals surface area contributed by atoms with Crippen molar-refractivity contribution in [2.45, 2.75) is 25.0 Å². The molecule has 0 radical (unpaired) electrons. The highest BCUT2D eigenvalue weighted by molar-refractivity contribution is 8.00. The number of carbonyl (C=O) groups is 1. The van der Waals surface area contributed by atoms with E-state index in [4.69, 9.17) is 9.84 Å². The van der Waals surface area contributed by atoms with Gasteiger partial charge in [0.1, 0.15) is 11.6 Å². The second kappa shape index (κ2) is 10.2. The van der Waals surface area contributed by atoms with Crippen LogP contribution in [0.15, 0.2) is 84.9 Å². The van der Waals surface area contributed by atoms with Crippen LogP contribution < -0.4 is 10.1 Å². The third-order valence-electron chi connectivity index (χ3n) is 5.82. The summed E-state index contributed by atoms with van der Waals surface area (Å²) in [5.74, 6) is 1.95. The van der Waals surface area contributed by atoms with Crippen molar-refractivity contribution in [1.82, 2.24) is 9.78 Å². The number of ether oxygens (including phenoxy) is 1. The third-order valence-corrected chi connectivity index (χ3v) is 7.09. The lowest BCUT2D eigenvalue weighted by Crippen LogP contribution is -2.15. The van der Waals surface area contributed by atoms with Crippen molar-refractivity contribution in [3.8, 4) is 22.7 Å². The minimum absolute atomic E-state index is 0.0232. The van der Waals surface area contributed by atoms with Crippen LogP contribution in [-0.4, -0.2) is 28.0 Å². The second-order valence-corrected chi connectivity index (χ2v) is 9.33. The number of unbranched alkanes of at least 4 members (excludes halogenated alkanes) is 1. The van der Waals surface area contributed by atoms with Gasteiger partial charge in [-0.05, 0) is 36.2 Å². The molecule has 1 N–H and O–H groups in total. The Morgan fingerprint density at radius 1 is 1.00 bits per heavy atom. The van der Waals surface area contributed by atoms with Gasteiger partial charge in [-0.2, -0.15) is 5.10 Å². The molecule has 0 aliphatic carbocycles. The number of amides is 1. The summed E-state index contributed by atoms with van der Waals surface area (Å²) in [6, 6.07) is 28.4. The predicted octanol–water partition coefficient (Wildman–Crippen LogP) is 6.49. The van der Waals surface area contributed by atoms with E-state index >= 15 is 0 Å². The van der Waals surface area contributed by atoms with Crippen molar-refractivity contribution >= 4 is 23.5 Å². The maximum absolute atomic E-state index is 12.8. The monoisotopic (exact) mass is 469 g/mol. The Labute approximate surface area is 204 Å². The molecule has 6 heteroatoms. The lowest BCUT2D eigenvalue weighted by atomic mass is 10.00. The molecule has 3 aromatic carbocycles. The summed E-state index contributed by atoms with van der Waals surface area (Å²) in [5, 5.41) is 8.11. The molecule has 0 saturated carbocycles. The molecule has 0 unspecified atom stereocenters. The van der Waals surface area contributed by atoms with Gasteiger partial charge < -0.3 is 10.1 Å². The van der Waals surface area contributed by atoms with Crippen LogP contribution in [0.5, 0.6) is 5.75 Å². The molecule has 5 nitrogen and oxygen atoms in total. The number of thioether (sulfide) groups is 1. The molecule has 5 rings (SSSR count). The van der Waals surface area contributed by atoms with Crippen LogP contribution in [0.1, 0.15) is 36.1 Å². The van der Waals surface area contributed by atoms with Gasteiger partial charge in [0, 0.05) is 11.1 Å². The summed E-state index contributed by atoms with van der Waals surface area (Å²) >= 11 is 1.63. The predicted molar refractivity (Wildman–Crippen MR) is 139 cm³/mol. The Morgan fingerprint density at radius 3 is 2.41 bits per heavy atom. The minimum Gasteiger partial charge on any atom is -0.494 e. The molecule has 0 spiro atoms. The first-order valence-corrected chi connectivity index (χ1v) is 12.7. The van der Waals surface area contributed by atoms with Crippen molar-refractivity contribution < 1.29 is 9.53 Å². The number of para-hydroxylation sites is 1. The number of nitrogens with one attached hydrogen (secondary N) is 1. The smallest absolute Gasteiger partial charge is 0.235 e. The van der Waals surface area contributed by atoms with Crippen LogP contribution in [-0.2, 0) is 4.79 Å². The van der Waals surface area contributed by atoms with E-state index in [2.05, 4.69) is 36.5 Å². The molecule has 1 atom stereocenters. The average molecular weight is 470 g/mol. The number of carbonyl (C=O) groups excluding carboxylic acids is 1. The highest BCUT2D eigenvalue weighted by Crippen LogP contribution is 2.47. The number of anilines is 1. The summed E-state index contributed by atoms with van der Waals surface area (Å²) in [6.07, 6.45) is 2.14. The Bertz CT molecular complexity index is 1250. The van der Waals surface area contributed by atoms with Crippen molar-refractivity contribution in [2.24, 2.45) is 0 Å². The molecule has 0 bridgehead atoms. The Morgan fingerprint density at radius 2 is 1.71 bits per heavy atom. The van der Waals surface area contributed by atoms with E-state index in [0.717, 1.165) is 59.1 Å². The van der Waals surface area contributed by atoms with Gasteiger partial charge in [-0.3, -0.25) is 4.79 Å². The lowest BCUT2D eigenvalue weighted by Gasteiger charge is -2.17. The molecular formula is C28H27N3O2S. The number of hydrogen-bond acceptors (Lipinski definition) is 4. The Kier molecular flexibility index (Phi) is 6.67. The van der Waals surface area contributed by atoms with Gasteiger partial charge in [0.2, 0.25) is 5.91 Å². The first-order chi connectivity index (χ1) is 16.7. The molecule has 34 heavy (non-hydrogen) atoms. The molecule has 2 heterocycles. The number of nitrogens with zero attached hydrogens (tertiary/aromatic N) is 2. The fourth-order valence-corrected chi connectivity index (χ4v) is 5.24. The molecule has 172 valence electrons. The standard InChI is InChI=1S/C28H27N3O2S/c1-2-3-18-33-23-16-14-21(15-17-23)27-25-26(20-10-6-4-7-11-20)30-31(22-12-8-5-9-13-22)28(25)29-24(32)19-34-27/h4-17,27H,2-3,18-19H2,1H3,(H,29,32)/t27-/m0/s1. The average Bonchev–Trinajstić information content (AvgIpc) is 3.16. The van der Waals surface area contributed by atoms with Crippen molar-refractivity contribution in [2.75, 3.05) is 17.7 Å². The summed E-state index contributed by atoms with van der Waals surface area (Å²) in [5.41, 5.74) is 4.95. The van der Waals surface area contributed by atoms with Gasteiger partial charge in [0.25, 0.3) is 0 Å². The van der Waals surface area contributed by atoms with Crippen LogP contribution >= 0.6 is 11.8 Å². The topological polar surface area (TPSA) is 56.1 Å². The summed E-state index contributed by atoms with van der Waals surface area (Å²) in [4.78, 5) is 12.8. The molecular weight excluding hydrogens is 442 g/mol. The maximum atomic E-state index is 12.8. The van der Waals surface area contributed by atoms with E-state index in [1.165, 1.54) is 0 Å². The van der Waals surface area contributed by atoms with Crippen molar-refractivity contribution in [1.29, 1.82) is 0 Å². The number of rotatable bonds is 7. The van der Waals surface area contributed by atoms with Crippen molar-refractivity contribution in [3.05, 3.63) is 96.1 Å². The number of fused-ring (bicyclic) bond motifs is 1. The second-order valence-electron chi connectivity index (χ2n) is 8.23. The van der Waals surface area contributed by atoms with E-state index in [1.54, 1.807) is 11.8 Å². The lowest BCUT2D eigenvalue weighted by molar-refractivity contribution is -0.113. The molecule has 1 aliphatic heterocycles. The number of benzene rings is 3. The summed E-state index contributed by atoms with van der Waals surface area (Å²) in [6.45, 7) is 2.88. The normalized spacial score (nSPS) is 15.3. The van der Waals surface area contributed by atoms with Gasteiger partial charge in [0.05, 0.1) is 29.0 Å². The molecule has 0 saturated heterocycles. The highest BCUT2D eigenvalue weighted by atomic mass is 32.2. The fraction of sp³-hybridized carbons (Fsp3) is 0.214. The van der Waals surface area contributed by atoms with Gasteiger partial charge in [0.15, 0.2) is 0 Å². The van der Waals surface area contributed by atoms with E-state index in [0.29, 0.717) is 5.75 Å². The Hall–Kier alpha value is -3.51. The molecule has 1 aliphatic rings. The molecule has 1 amide bonds. The molecule has 1 aromatic heterocycles. The number of hydrogen-bond donors (Lipinski definition) is 1. The van der Waals surface area contributed by atoms with E-state index in [-0.39, 0.29) is 11.2 Å². The van der Waals surface area contributed by atoms with Gasteiger partial charge in [-0.25, -0.2) is 4.68 Å². The molecule has 0 fully saturated rings. The van der Waals surface area contributed by atoms with Gasteiger partial charge >= 0.3 is 0 Å². The van der Waals surface area contributed by atoms with Crippen LogP contribution in [0.2, 0.25) is 0 Å². The van der Waals surface area contributed by atoms with Gasteiger partial charge in [-0.1, -0.05) is 74.0 Å². The van der Waals surface area contributed by atoms with Gasteiger partial charge in [-0.15, -0.1) is 11.8 Å². The summed E-state index contributed by atoms with van der Waals surface area (Å²) < 4.78 is 7.72. The highest BCUT2D eigenvalue weighted by Gasteiger charge is 2.32.